The third-order valence-corrected chi connectivity index (χ3v) is 6.39. The van der Waals surface area contributed by atoms with Crippen LogP contribution >= 0.6 is 15.9 Å². The Bertz CT molecular complexity index is 1080. The maximum Gasteiger partial charge on any atom is 0.244 e. The molecule has 0 aliphatic heterocycles. The van der Waals surface area contributed by atoms with Crippen LogP contribution in [0.2, 0.25) is 0 Å². The fraction of sp³-hybridized carbons (Fsp3) is 0.391. The van der Waals surface area contributed by atoms with Crippen LogP contribution in [0.1, 0.15) is 33.3 Å². The highest BCUT2D eigenvalue weighted by atomic mass is 79.9. The van der Waals surface area contributed by atoms with Gasteiger partial charge < -0.3 is 10.2 Å². The standard InChI is InChI=1S/C23H29BrFN3O4S/c1-16(22(30)26-23(2,3)4)27(14-17-6-8-18(24)9-7-17)21(29)15-28(33(5,31)32)20-12-10-19(25)11-13-20/h6-13,16H,14-15H2,1-5H3,(H,26,30)/t16-/m0/s1. The molecule has 0 unspecified atom stereocenters. The van der Waals surface area contributed by atoms with E-state index in [0.717, 1.165) is 32.7 Å². The molecule has 180 valence electrons. The molecule has 2 aromatic carbocycles. The fourth-order valence-electron chi connectivity index (χ4n) is 3.06. The highest BCUT2D eigenvalue weighted by molar-refractivity contribution is 9.10. The maximum absolute atomic E-state index is 13.4. The van der Waals surface area contributed by atoms with E-state index in [0.29, 0.717) is 0 Å². The molecule has 10 heteroatoms. The molecule has 33 heavy (non-hydrogen) atoms. The van der Waals surface area contributed by atoms with Gasteiger partial charge in [-0.1, -0.05) is 28.1 Å². The normalized spacial score (nSPS) is 12.7. The molecule has 0 aliphatic rings. The molecular weight excluding hydrogens is 513 g/mol. The summed E-state index contributed by atoms with van der Waals surface area (Å²) in [5.41, 5.74) is 0.419. The molecule has 2 amide bonds. The zero-order valence-electron chi connectivity index (χ0n) is 19.3. The fourth-order valence-corrected chi connectivity index (χ4v) is 4.18. The van der Waals surface area contributed by atoms with Crippen molar-refractivity contribution in [1.29, 1.82) is 0 Å². The topological polar surface area (TPSA) is 86.8 Å². The lowest BCUT2D eigenvalue weighted by atomic mass is 10.1. The maximum atomic E-state index is 13.4. The summed E-state index contributed by atoms with van der Waals surface area (Å²) in [7, 11) is -3.86. The van der Waals surface area contributed by atoms with Gasteiger partial charge in [0.05, 0.1) is 11.9 Å². The highest BCUT2D eigenvalue weighted by Gasteiger charge is 2.31. The van der Waals surface area contributed by atoms with Crippen molar-refractivity contribution < 1.29 is 22.4 Å². The van der Waals surface area contributed by atoms with E-state index in [4.69, 9.17) is 0 Å². The van der Waals surface area contributed by atoms with Crippen molar-refractivity contribution >= 4 is 43.5 Å². The highest BCUT2D eigenvalue weighted by Crippen LogP contribution is 2.20. The first-order chi connectivity index (χ1) is 15.2. The molecule has 1 atom stereocenters. The molecule has 0 bridgehead atoms. The van der Waals surface area contributed by atoms with E-state index < -0.39 is 39.9 Å². The van der Waals surface area contributed by atoms with Gasteiger partial charge in [0.2, 0.25) is 21.8 Å². The van der Waals surface area contributed by atoms with Gasteiger partial charge in [0.1, 0.15) is 18.4 Å². The van der Waals surface area contributed by atoms with Crippen molar-refractivity contribution in [3.63, 3.8) is 0 Å². The Hall–Kier alpha value is -2.46. The van der Waals surface area contributed by atoms with Crippen LogP contribution in [-0.4, -0.2) is 49.5 Å². The molecule has 1 N–H and O–H groups in total. The number of hydrogen-bond donors (Lipinski definition) is 1. The summed E-state index contributed by atoms with van der Waals surface area (Å²) in [6, 6.07) is 11.2. The van der Waals surface area contributed by atoms with Gasteiger partial charge in [0, 0.05) is 16.6 Å². The first kappa shape index (κ1) is 26.8. The van der Waals surface area contributed by atoms with E-state index >= 15 is 0 Å². The van der Waals surface area contributed by atoms with Crippen LogP contribution in [0.3, 0.4) is 0 Å². The smallest absolute Gasteiger partial charge is 0.244 e. The summed E-state index contributed by atoms with van der Waals surface area (Å²) < 4.78 is 40.0. The molecule has 2 aromatic rings. The SMILES string of the molecule is C[C@@H](C(=O)NC(C)(C)C)N(Cc1ccc(Br)cc1)C(=O)CN(c1ccc(F)cc1)S(C)(=O)=O. The van der Waals surface area contributed by atoms with E-state index in [-0.39, 0.29) is 18.1 Å². The molecule has 0 heterocycles. The Morgan fingerprint density at radius 3 is 2.09 bits per heavy atom. The van der Waals surface area contributed by atoms with Gasteiger partial charge in [0.15, 0.2) is 0 Å². The minimum Gasteiger partial charge on any atom is -0.350 e. The Balaban J connectivity index is 2.38. The number of nitrogens with zero attached hydrogens (tertiary/aromatic N) is 2. The number of nitrogens with one attached hydrogen (secondary N) is 1. The van der Waals surface area contributed by atoms with Crippen molar-refractivity contribution in [3.8, 4) is 0 Å². The quantitative estimate of drug-likeness (QED) is 0.552. The second-order valence-electron chi connectivity index (χ2n) is 8.81. The van der Waals surface area contributed by atoms with Crippen molar-refractivity contribution in [2.75, 3.05) is 17.1 Å². The summed E-state index contributed by atoms with van der Waals surface area (Å²) in [6.07, 6.45) is 0.971. The zero-order chi connectivity index (χ0) is 25.0. The first-order valence-corrected chi connectivity index (χ1v) is 12.9. The van der Waals surface area contributed by atoms with Crippen LogP contribution in [0.4, 0.5) is 10.1 Å². The summed E-state index contributed by atoms with van der Waals surface area (Å²) in [6.45, 7) is 6.66. The third-order valence-electron chi connectivity index (χ3n) is 4.73. The van der Waals surface area contributed by atoms with E-state index in [2.05, 4.69) is 21.2 Å². The summed E-state index contributed by atoms with van der Waals surface area (Å²) >= 11 is 3.37. The molecule has 0 radical (unpaired) electrons. The molecule has 0 spiro atoms. The van der Waals surface area contributed by atoms with Crippen LogP contribution in [0, 0.1) is 5.82 Å². The average molecular weight is 542 g/mol. The van der Waals surface area contributed by atoms with Gasteiger partial charge in [0.25, 0.3) is 0 Å². The second-order valence-corrected chi connectivity index (χ2v) is 11.6. The number of carbonyl (C=O) groups is 2. The predicted octanol–water partition coefficient (Wildman–Crippen LogP) is 3.69. The number of halogens is 2. The second kappa shape index (κ2) is 10.6. The number of carbonyl (C=O) groups excluding carboxylic acids is 2. The molecule has 0 saturated carbocycles. The molecule has 2 rings (SSSR count). The Labute approximate surface area is 203 Å². The molecule has 0 aromatic heterocycles. The van der Waals surface area contributed by atoms with Gasteiger partial charge in [-0.25, -0.2) is 12.8 Å². The molecule has 0 saturated heterocycles. The summed E-state index contributed by atoms with van der Waals surface area (Å²) in [5.74, 6) is -1.45. The third kappa shape index (κ3) is 8.12. The van der Waals surface area contributed by atoms with E-state index in [1.54, 1.807) is 6.92 Å². The molecule has 0 aliphatic carbocycles. The summed E-state index contributed by atoms with van der Waals surface area (Å²) in [4.78, 5) is 27.6. The van der Waals surface area contributed by atoms with Gasteiger partial charge in [-0.2, -0.15) is 0 Å². The zero-order valence-corrected chi connectivity index (χ0v) is 21.7. The number of anilines is 1. The number of benzene rings is 2. The van der Waals surface area contributed by atoms with Gasteiger partial charge in [-0.3, -0.25) is 13.9 Å². The van der Waals surface area contributed by atoms with Crippen LogP contribution in [0.25, 0.3) is 0 Å². The molecular formula is C23H29BrFN3O4S. The lowest BCUT2D eigenvalue weighted by Crippen LogP contribution is -2.54. The molecule has 7 nitrogen and oxygen atoms in total. The van der Waals surface area contributed by atoms with Crippen molar-refractivity contribution in [1.82, 2.24) is 10.2 Å². The van der Waals surface area contributed by atoms with Gasteiger partial charge >= 0.3 is 0 Å². The predicted molar refractivity (Wildman–Crippen MR) is 131 cm³/mol. The Kier molecular flexibility index (Phi) is 8.64. The largest absolute Gasteiger partial charge is 0.350 e. The summed E-state index contributed by atoms with van der Waals surface area (Å²) in [5, 5.41) is 2.86. The van der Waals surface area contributed by atoms with E-state index in [1.807, 2.05) is 45.0 Å². The van der Waals surface area contributed by atoms with Crippen molar-refractivity contribution in [2.24, 2.45) is 0 Å². The molecule has 0 fully saturated rings. The Morgan fingerprint density at radius 2 is 1.61 bits per heavy atom. The number of amides is 2. The number of rotatable bonds is 8. The lowest BCUT2D eigenvalue weighted by molar-refractivity contribution is -0.140. The minimum absolute atomic E-state index is 0.103. The Morgan fingerprint density at radius 1 is 1.06 bits per heavy atom. The lowest BCUT2D eigenvalue weighted by Gasteiger charge is -2.33. The minimum atomic E-state index is -3.86. The van der Waals surface area contributed by atoms with Crippen LogP contribution in [0.5, 0.6) is 0 Å². The van der Waals surface area contributed by atoms with Crippen LogP contribution in [0.15, 0.2) is 53.0 Å². The monoisotopic (exact) mass is 541 g/mol. The van der Waals surface area contributed by atoms with E-state index in [1.165, 1.54) is 17.0 Å². The average Bonchev–Trinajstić information content (AvgIpc) is 2.69. The van der Waals surface area contributed by atoms with Crippen molar-refractivity contribution in [3.05, 3.63) is 64.4 Å². The van der Waals surface area contributed by atoms with Crippen LogP contribution < -0.4 is 9.62 Å². The number of sulfonamides is 1. The number of hydrogen-bond acceptors (Lipinski definition) is 4. The van der Waals surface area contributed by atoms with E-state index in [9.17, 15) is 22.4 Å². The first-order valence-electron chi connectivity index (χ1n) is 10.3. The van der Waals surface area contributed by atoms with Crippen LogP contribution in [-0.2, 0) is 26.2 Å². The van der Waals surface area contributed by atoms with Crippen molar-refractivity contribution in [2.45, 2.75) is 45.8 Å². The van der Waals surface area contributed by atoms with Gasteiger partial charge in [-0.15, -0.1) is 0 Å². The van der Waals surface area contributed by atoms with Gasteiger partial charge in [-0.05, 0) is 69.7 Å².